The highest BCUT2D eigenvalue weighted by atomic mass is 15.2. The van der Waals surface area contributed by atoms with Crippen molar-refractivity contribution in [1.82, 2.24) is 0 Å². The van der Waals surface area contributed by atoms with Crippen LogP contribution in [-0.2, 0) is 13.0 Å². The van der Waals surface area contributed by atoms with Crippen molar-refractivity contribution < 1.29 is 0 Å². The first kappa shape index (κ1) is 13.0. The van der Waals surface area contributed by atoms with Crippen LogP contribution in [0, 0.1) is 6.92 Å². The van der Waals surface area contributed by atoms with E-state index in [0.29, 0.717) is 6.04 Å². The maximum Gasteiger partial charge on any atom is 0.0432 e. The van der Waals surface area contributed by atoms with E-state index in [2.05, 4.69) is 55.1 Å². The molecule has 1 aliphatic heterocycles. The van der Waals surface area contributed by atoms with Gasteiger partial charge in [0.15, 0.2) is 0 Å². The third-order valence-corrected chi connectivity index (χ3v) is 4.35. The van der Waals surface area contributed by atoms with Crippen LogP contribution in [0.5, 0.6) is 0 Å². The molecule has 1 aliphatic rings. The average Bonchev–Trinajstić information content (AvgIpc) is 2.46. The van der Waals surface area contributed by atoms with Gasteiger partial charge in [-0.05, 0) is 55.5 Å². The Bertz CT molecular complexity index is 619. The van der Waals surface area contributed by atoms with E-state index in [1.807, 2.05) is 6.07 Å². The zero-order valence-corrected chi connectivity index (χ0v) is 12.3. The van der Waals surface area contributed by atoms with E-state index in [1.54, 1.807) is 0 Å². The van der Waals surface area contributed by atoms with E-state index in [0.717, 1.165) is 12.2 Å². The number of nitrogens with two attached hydrogens (primary N) is 1. The predicted octanol–water partition coefficient (Wildman–Crippen LogP) is 3.92. The molecule has 0 amide bonds. The van der Waals surface area contributed by atoms with Gasteiger partial charge in [0, 0.05) is 24.0 Å². The van der Waals surface area contributed by atoms with Crippen molar-refractivity contribution in [2.75, 3.05) is 10.6 Å². The van der Waals surface area contributed by atoms with Crippen LogP contribution >= 0.6 is 0 Å². The normalized spacial score (nSPS) is 17.9. The molecule has 2 N–H and O–H groups in total. The number of aryl methyl sites for hydroxylation is 2. The fourth-order valence-corrected chi connectivity index (χ4v) is 3.03. The molecule has 2 heteroatoms. The lowest BCUT2D eigenvalue weighted by Gasteiger charge is -2.37. The van der Waals surface area contributed by atoms with Gasteiger partial charge < -0.3 is 10.6 Å². The highest BCUT2D eigenvalue weighted by molar-refractivity contribution is 5.57. The lowest BCUT2D eigenvalue weighted by atomic mass is 9.96. The first-order chi connectivity index (χ1) is 9.65. The predicted molar refractivity (Wildman–Crippen MR) is 86.0 cm³/mol. The molecule has 104 valence electrons. The third kappa shape index (κ3) is 2.38. The molecule has 2 nitrogen and oxygen atoms in total. The molecule has 1 heterocycles. The second-order valence-electron chi connectivity index (χ2n) is 5.84. The molecule has 1 atom stereocenters. The molecule has 0 aliphatic carbocycles. The molecular weight excluding hydrogens is 244 g/mol. The van der Waals surface area contributed by atoms with Crippen molar-refractivity contribution in [2.45, 2.75) is 39.3 Å². The van der Waals surface area contributed by atoms with Crippen molar-refractivity contribution in [3.63, 3.8) is 0 Å². The molecule has 0 saturated heterocycles. The van der Waals surface area contributed by atoms with Crippen molar-refractivity contribution in [3.05, 3.63) is 59.2 Å². The number of fused-ring (bicyclic) bond motifs is 1. The van der Waals surface area contributed by atoms with Crippen LogP contribution in [0.15, 0.2) is 42.5 Å². The average molecular weight is 266 g/mol. The van der Waals surface area contributed by atoms with Gasteiger partial charge in [0.05, 0.1) is 0 Å². The number of benzene rings is 2. The summed E-state index contributed by atoms with van der Waals surface area (Å²) < 4.78 is 0. The minimum Gasteiger partial charge on any atom is -0.399 e. The van der Waals surface area contributed by atoms with Crippen LogP contribution in [0.3, 0.4) is 0 Å². The van der Waals surface area contributed by atoms with Crippen LogP contribution in [-0.4, -0.2) is 6.04 Å². The van der Waals surface area contributed by atoms with Crippen molar-refractivity contribution >= 4 is 11.4 Å². The number of hydrogen-bond donors (Lipinski definition) is 1. The van der Waals surface area contributed by atoms with Gasteiger partial charge in [-0.1, -0.05) is 30.3 Å². The first-order valence-corrected chi connectivity index (χ1v) is 7.34. The first-order valence-electron chi connectivity index (χ1n) is 7.34. The van der Waals surface area contributed by atoms with E-state index < -0.39 is 0 Å². The van der Waals surface area contributed by atoms with Gasteiger partial charge in [-0.2, -0.15) is 0 Å². The summed E-state index contributed by atoms with van der Waals surface area (Å²) >= 11 is 0. The van der Waals surface area contributed by atoms with Gasteiger partial charge >= 0.3 is 0 Å². The maximum absolute atomic E-state index is 5.91. The summed E-state index contributed by atoms with van der Waals surface area (Å²) in [6, 6.07) is 15.7. The third-order valence-electron chi connectivity index (χ3n) is 4.35. The van der Waals surface area contributed by atoms with Gasteiger partial charge in [0.1, 0.15) is 0 Å². The highest BCUT2D eigenvalue weighted by Crippen LogP contribution is 2.32. The molecule has 0 aromatic heterocycles. The molecule has 0 bridgehead atoms. The Labute approximate surface area is 121 Å². The smallest absolute Gasteiger partial charge is 0.0432 e. The van der Waals surface area contributed by atoms with Crippen molar-refractivity contribution in [3.8, 4) is 0 Å². The van der Waals surface area contributed by atoms with Crippen molar-refractivity contribution in [1.29, 1.82) is 0 Å². The highest BCUT2D eigenvalue weighted by Gasteiger charge is 2.22. The summed E-state index contributed by atoms with van der Waals surface area (Å²) in [6.45, 7) is 5.35. The molecule has 20 heavy (non-hydrogen) atoms. The molecule has 0 saturated carbocycles. The SMILES string of the molecule is Cc1cc(CN2c3ccccc3CCC2C)ccc1N. The van der Waals surface area contributed by atoms with E-state index in [-0.39, 0.29) is 0 Å². The number of nitrogens with zero attached hydrogens (tertiary/aromatic N) is 1. The zero-order chi connectivity index (χ0) is 14.1. The Morgan fingerprint density at radius 2 is 2.00 bits per heavy atom. The van der Waals surface area contributed by atoms with Crippen LogP contribution in [0.4, 0.5) is 11.4 Å². The van der Waals surface area contributed by atoms with Gasteiger partial charge in [0.25, 0.3) is 0 Å². The Hall–Kier alpha value is -1.96. The molecule has 0 fully saturated rings. The second-order valence-corrected chi connectivity index (χ2v) is 5.84. The topological polar surface area (TPSA) is 29.3 Å². The fourth-order valence-electron chi connectivity index (χ4n) is 3.03. The van der Waals surface area contributed by atoms with Gasteiger partial charge in [-0.15, -0.1) is 0 Å². The standard InChI is InChI=1S/C18H22N2/c1-13-11-15(8-10-17(13)19)12-20-14(2)7-9-16-5-3-4-6-18(16)20/h3-6,8,10-11,14H,7,9,12,19H2,1-2H3. The maximum atomic E-state index is 5.91. The summed E-state index contributed by atoms with van der Waals surface area (Å²) in [5.74, 6) is 0. The number of para-hydroxylation sites is 1. The number of anilines is 2. The molecule has 1 unspecified atom stereocenters. The largest absolute Gasteiger partial charge is 0.399 e. The summed E-state index contributed by atoms with van der Waals surface area (Å²) in [7, 11) is 0. The minimum atomic E-state index is 0.586. The molecule has 0 spiro atoms. The van der Waals surface area contributed by atoms with Crippen LogP contribution < -0.4 is 10.6 Å². The molecule has 0 radical (unpaired) electrons. The Kier molecular flexibility index (Phi) is 3.39. The van der Waals surface area contributed by atoms with E-state index in [9.17, 15) is 0 Å². The second kappa shape index (κ2) is 5.20. The van der Waals surface area contributed by atoms with Crippen LogP contribution in [0.25, 0.3) is 0 Å². The van der Waals surface area contributed by atoms with Crippen LogP contribution in [0.1, 0.15) is 30.0 Å². The van der Waals surface area contributed by atoms with Gasteiger partial charge in [-0.25, -0.2) is 0 Å². The lowest BCUT2D eigenvalue weighted by molar-refractivity contribution is 0.560. The summed E-state index contributed by atoms with van der Waals surface area (Å²) in [5, 5.41) is 0. The fraction of sp³-hybridized carbons (Fsp3) is 0.333. The zero-order valence-electron chi connectivity index (χ0n) is 12.3. The Balaban J connectivity index is 1.91. The Morgan fingerprint density at radius 3 is 2.80 bits per heavy atom. The summed E-state index contributed by atoms with van der Waals surface area (Å²) in [4.78, 5) is 2.52. The van der Waals surface area contributed by atoms with Crippen molar-refractivity contribution in [2.24, 2.45) is 0 Å². The quantitative estimate of drug-likeness (QED) is 0.835. The van der Waals surface area contributed by atoms with Gasteiger partial charge in [-0.3, -0.25) is 0 Å². The van der Waals surface area contributed by atoms with Crippen LogP contribution in [0.2, 0.25) is 0 Å². The lowest BCUT2D eigenvalue weighted by Crippen LogP contribution is -2.36. The monoisotopic (exact) mass is 266 g/mol. The number of nitrogen functional groups attached to an aromatic ring is 1. The summed E-state index contributed by atoms with van der Waals surface area (Å²) in [6.07, 6.45) is 2.42. The number of rotatable bonds is 2. The Morgan fingerprint density at radius 1 is 1.20 bits per heavy atom. The number of hydrogen-bond acceptors (Lipinski definition) is 2. The van der Waals surface area contributed by atoms with E-state index >= 15 is 0 Å². The molecule has 2 aromatic carbocycles. The molecule has 2 aromatic rings. The van der Waals surface area contributed by atoms with Gasteiger partial charge in [0.2, 0.25) is 0 Å². The van der Waals surface area contributed by atoms with E-state index in [1.165, 1.54) is 35.2 Å². The minimum absolute atomic E-state index is 0.586. The summed E-state index contributed by atoms with van der Waals surface area (Å²) in [5.41, 5.74) is 12.1. The molecular formula is C18H22N2. The molecule has 3 rings (SSSR count). The van der Waals surface area contributed by atoms with E-state index in [4.69, 9.17) is 5.73 Å².